The fourth-order valence-corrected chi connectivity index (χ4v) is 5.39. The Balaban J connectivity index is 1.98. The van der Waals surface area contributed by atoms with E-state index in [2.05, 4.69) is 56.0 Å². The minimum atomic E-state index is -0.0594. The second kappa shape index (κ2) is 19.3. The lowest BCUT2D eigenvalue weighted by molar-refractivity contribution is -0.143. The smallest absolute Gasteiger partial charge is 0.306 e. The first-order valence-corrected chi connectivity index (χ1v) is 15.4. The summed E-state index contributed by atoms with van der Waals surface area (Å²) in [4.78, 5) is 12.2. The van der Waals surface area contributed by atoms with Crippen molar-refractivity contribution in [1.82, 2.24) is 0 Å². The van der Waals surface area contributed by atoms with Gasteiger partial charge >= 0.3 is 5.97 Å². The van der Waals surface area contributed by atoms with E-state index in [1.54, 1.807) is 0 Å². The normalized spacial score (nSPS) is 11.7. The van der Waals surface area contributed by atoms with E-state index in [4.69, 9.17) is 4.74 Å². The molecule has 0 spiro atoms. The highest BCUT2D eigenvalue weighted by Crippen LogP contribution is 2.25. The molecule has 1 aromatic carbocycles. The first kappa shape index (κ1) is 32.1. The van der Waals surface area contributed by atoms with E-state index < -0.39 is 0 Å². The highest BCUT2D eigenvalue weighted by atomic mass is 31.0. The Kier molecular flexibility index (Phi) is 17.7. The van der Waals surface area contributed by atoms with Crippen LogP contribution in [0.2, 0.25) is 0 Å². The topological polar surface area (TPSA) is 26.3 Å². The van der Waals surface area contributed by atoms with Crippen LogP contribution in [0.1, 0.15) is 154 Å². The Bertz CT molecular complexity index is 690. The maximum atomic E-state index is 12.2. The summed E-state index contributed by atoms with van der Waals surface area (Å²) in [5.74, 6) is -0.0594. The Morgan fingerprint density at radius 3 is 1.69 bits per heavy atom. The molecule has 0 amide bonds. The summed E-state index contributed by atoms with van der Waals surface area (Å²) < 4.78 is 5.49. The monoisotopic (exact) mass is 504 g/mol. The number of esters is 1. The molecule has 202 valence electrons. The van der Waals surface area contributed by atoms with Gasteiger partial charge in [-0.2, -0.15) is 0 Å². The molecule has 0 N–H and O–H groups in total. The van der Waals surface area contributed by atoms with Crippen molar-refractivity contribution >= 4 is 20.5 Å². The second-order valence-corrected chi connectivity index (χ2v) is 12.2. The molecule has 0 saturated carbocycles. The van der Waals surface area contributed by atoms with E-state index in [9.17, 15) is 4.79 Å². The van der Waals surface area contributed by atoms with E-state index in [1.165, 1.54) is 118 Å². The summed E-state index contributed by atoms with van der Waals surface area (Å²) in [6, 6.07) is 4.47. The van der Waals surface area contributed by atoms with Gasteiger partial charge in [0.25, 0.3) is 0 Å². The van der Waals surface area contributed by atoms with Crippen molar-refractivity contribution in [3.8, 4) is 0 Å². The van der Waals surface area contributed by atoms with Crippen molar-refractivity contribution in [2.24, 2.45) is 0 Å². The number of hydrogen-bond acceptors (Lipinski definition) is 2. The molecule has 1 unspecified atom stereocenters. The van der Waals surface area contributed by atoms with Gasteiger partial charge in [-0.05, 0) is 47.2 Å². The van der Waals surface area contributed by atoms with Gasteiger partial charge in [0, 0.05) is 6.42 Å². The van der Waals surface area contributed by atoms with Gasteiger partial charge in [-0.3, -0.25) is 4.79 Å². The summed E-state index contributed by atoms with van der Waals surface area (Å²) in [6.07, 6.45) is 23.0. The highest BCUT2D eigenvalue weighted by Gasteiger charge is 2.18. The fourth-order valence-electron chi connectivity index (χ4n) is 4.79. The highest BCUT2D eigenvalue weighted by molar-refractivity contribution is 7.27. The number of aryl methyl sites for hydroxylation is 2. The summed E-state index contributed by atoms with van der Waals surface area (Å²) in [5.41, 5.74) is 3.96. The minimum absolute atomic E-state index is 0.0594. The molecule has 0 aromatic heterocycles. The standard InChI is InChI=1S/C32H57O2P/c1-6-7-8-9-10-11-12-13-14-15-16-17-18-19-20-21-24-34-30(33)23-22-28-25-27(2)31(35)29(26-28)32(3,4)5/h25-26H,6-24,35H2,1-5H3. The average molecular weight is 505 g/mol. The maximum absolute atomic E-state index is 12.2. The molecule has 0 fully saturated rings. The van der Waals surface area contributed by atoms with E-state index in [0.29, 0.717) is 13.0 Å². The van der Waals surface area contributed by atoms with Crippen LogP contribution in [0.25, 0.3) is 0 Å². The molecule has 1 rings (SSSR count). The first-order chi connectivity index (χ1) is 16.8. The maximum Gasteiger partial charge on any atom is 0.306 e. The number of unbranched alkanes of at least 4 members (excludes halogenated alkanes) is 15. The third-order valence-corrected chi connectivity index (χ3v) is 7.90. The lowest BCUT2D eigenvalue weighted by Crippen LogP contribution is -2.21. The molecule has 0 bridgehead atoms. The van der Waals surface area contributed by atoms with Crippen molar-refractivity contribution in [3.63, 3.8) is 0 Å². The second-order valence-electron chi connectivity index (χ2n) is 11.6. The summed E-state index contributed by atoms with van der Waals surface area (Å²) >= 11 is 0. The molecular weight excluding hydrogens is 447 g/mol. The van der Waals surface area contributed by atoms with Crippen molar-refractivity contribution in [2.45, 2.75) is 156 Å². The molecule has 0 heterocycles. The van der Waals surface area contributed by atoms with Crippen molar-refractivity contribution in [1.29, 1.82) is 0 Å². The number of ether oxygens (including phenoxy) is 1. The average Bonchev–Trinajstić information content (AvgIpc) is 2.81. The third kappa shape index (κ3) is 15.8. The Morgan fingerprint density at radius 1 is 0.771 bits per heavy atom. The molecule has 1 atom stereocenters. The molecule has 0 saturated heterocycles. The largest absolute Gasteiger partial charge is 0.466 e. The van der Waals surface area contributed by atoms with Gasteiger partial charge < -0.3 is 4.74 Å². The quantitative estimate of drug-likeness (QED) is 0.100. The predicted molar refractivity (Wildman–Crippen MR) is 158 cm³/mol. The van der Waals surface area contributed by atoms with Gasteiger partial charge in [0.15, 0.2) is 0 Å². The van der Waals surface area contributed by atoms with Gasteiger partial charge in [0.2, 0.25) is 0 Å². The van der Waals surface area contributed by atoms with Crippen LogP contribution in [0, 0.1) is 6.92 Å². The molecule has 35 heavy (non-hydrogen) atoms. The van der Waals surface area contributed by atoms with Gasteiger partial charge in [-0.15, -0.1) is 9.24 Å². The summed E-state index contributed by atoms with van der Waals surface area (Å²) in [6.45, 7) is 11.7. The number of hydrogen-bond donors (Lipinski definition) is 0. The van der Waals surface area contributed by atoms with Crippen molar-refractivity contribution in [3.05, 3.63) is 28.8 Å². The number of rotatable bonds is 20. The molecular formula is C32H57O2P. The van der Waals surface area contributed by atoms with Gasteiger partial charge in [-0.25, -0.2) is 0 Å². The fraction of sp³-hybridized carbons (Fsp3) is 0.781. The van der Waals surface area contributed by atoms with Crippen LogP contribution in [0.5, 0.6) is 0 Å². The SMILES string of the molecule is CCCCCCCCCCCCCCCCCCOC(=O)CCc1cc(C)c(P)c(C(C)(C)C)c1. The zero-order valence-electron chi connectivity index (χ0n) is 24.0. The van der Waals surface area contributed by atoms with Crippen LogP contribution in [0.15, 0.2) is 12.1 Å². The molecule has 0 radical (unpaired) electrons. The van der Waals surface area contributed by atoms with Gasteiger partial charge in [0.05, 0.1) is 6.61 Å². The molecule has 0 aliphatic heterocycles. The van der Waals surface area contributed by atoms with Crippen LogP contribution < -0.4 is 5.30 Å². The van der Waals surface area contributed by atoms with E-state index in [0.717, 1.165) is 12.8 Å². The van der Waals surface area contributed by atoms with Crippen molar-refractivity contribution < 1.29 is 9.53 Å². The van der Waals surface area contributed by atoms with Crippen LogP contribution >= 0.6 is 9.24 Å². The summed E-state index contributed by atoms with van der Waals surface area (Å²) in [7, 11) is 2.88. The number of benzene rings is 1. The van der Waals surface area contributed by atoms with Gasteiger partial charge in [-0.1, -0.05) is 136 Å². The Labute approximate surface area is 221 Å². The minimum Gasteiger partial charge on any atom is -0.466 e. The van der Waals surface area contributed by atoms with Crippen LogP contribution in [0.4, 0.5) is 0 Å². The molecule has 2 nitrogen and oxygen atoms in total. The summed E-state index contributed by atoms with van der Waals surface area (Å²) in [5, 5.41) is 1.28. The zero-order valence-corrected chi connectivity index (χ0v) is 25.1. The van der Waals surface area contributed by atoms with E-state index >= 15 is 0 Å². The van der Waals surface area contributed by atoms with Crippen LogP contribution in [-0.4, -0.2) is 12.6 Å². The van der Waals surface area contributed by atoms with Crippen LogP contribution in [0.3, 0.4) is 0 Å². The van der Waals surface area contributed by atoms with E-state index in [-0.39, 0.29) is 11.4 Å². The lowest BCUT2D eigenvalue weighted by Gasteiger charge is -2.24. The molecule has 0 aliphatic carbocycles. The third-order valence-electron chi connectivity index (χ3n) is 7.13. The Hall–Kier alpha value is -0.880. The van der Waals surface area contributed by atoms with Gasteiger partial charge in [0.1, 0.15) is 0 Å². The lowest BCUT2D eigenvalue weighted by atomic mass is 9.84. The van der Waals surface area contributed by atoms with Crippen molar-refractivity contribution in [2.75, 3.05) is 6.61 Å². The number of carbonyl (C=O) groups excluding carboxylic acids is 1. The first-order valence-electron chi connectivity index (χ1n) is 14.8. The molecule has 0 aliphatic rings. The van der Waals surface area contributed by atoms with Crippen LogP contribution in [-0.2, 0) is 21.4 Å². The molecule has 1 aromatic rings. The van der Waals surface area contributed by atoms with E-state index in [1.807, 2.05) is 0 Å². The Morgan fingerprint density at radius 2 is 1.23 bits per heavy atom. The molecule has 3 heteroatoms. The number of carbonyl (C=O) groups is 1. The zero-order chi connectivity index (χ0) is 25.9. The predicted octanol–water partition coefficient (Wildman–Crippen LogP) is 9.53.